The minimum absolute atomic E-state index is 1.49. The van der Waals surface area contributed by atoms with E-state index in [4.69, 9.17) is 10.6 Å². The molecule has 0 aromatic rings. The van der Waals surface area contributed by atoms with Gasteiger partial charge in [0.15, 0.2) is 0 Å². The summed E-state index contributed by atoms with van der Waals surface area (Å²) in [5, 5.41) is 9.96. The Morgan fingerprint density at radius 2 is 2.12 bits per heavy atom. The third-order valence-corrected chi connectivity index (χ3v) is 0.318. The van der Waals surface area contributed by atoms with Gasteiger partial charge in [-0.1, -0.05) is 0 Å². The Hall–Kier alpha value is -1.55. The Kier molecular flexibility index (Phi) is 2.09. The van der Waals surface area contributed by atoms with E-state index in [9.17, 15) is 9.59 Å². The van der Waals surface area contributed by atoms with Crippen LogP contribution >= 0.6 is 0 Å². The van der Waals surface area contributed by atoms with Gasteiger partial charge in [-0.2, -0.15) is 0 Å². The maximum Gasteiger partial charge on any atom is 0.379 e. The first-order valence-corrected chi connectivity index (χ1v) is 1.51. The van der Waals surface area contributed by atoms with Gasteiger partial charge >= 0.3 is 11.9 Å². The number of carboxylic acid groups (broad SMARTS) is 1. The number of nitrogens with zero attached hydrogens (tertiary/aromatic N) is 3. The van der Waals surface area contributed by atoms with Crippen LogP contribution < -0.4 is 0 Å². The standard InChI is InChI=1S/C2HN3O3/c3-5-4-1(6)2(7)8/h(H,7,8). The fourth-order valence-electron chi connectivity index (χ4n) is 0.0834. The highest BCUT2D eigenvalue weighted by Gasteiger charge is 2.05. The third-order valence-electron chi connectivity index (χ3n) is 0.318. The van der Waals surface area contributed by atoms with Gasteiger partial charge in [0.1, 0.15) is 0 Å². The number of carbonyl (C=O) groups excluding carboxylic acids is 1. The van der Waals surface area contributed by atoms with Gasteiger partial charge < -0.3 is 5.11 Å². The van der Waals surface area contributed by atoms with E-state index in [0.29, 0.717) is 0 Å². The first-order chi connectivity index (χ1) is 3.68. The Bertz CT molecular complexity index is 163. The van der Waals surface area contributed by atoms with Gasteiger partial charge in [0.2, 0.25) is 0 Å². The predicted molar refractivity (Wildman–Crippen MR) is 21.8 cm³/mol. The van der Waals surface area contributed by atoms with Crippen LogP contribution in [-0.2, 0) is 9.59 Å². The molecular weight excluding hydrogens is 114 g/mol. The van der Waals surface area contributed by atoms with Crippen molar-refractivity contribution in [1.29, 1.82) is 0 Å². The minimum Gasteiger partial charge on any atom is -0.475 e. The van der Waals surface area contributed by atoms with E-state index >= 15 is 0 Å². The summed E-state index contributed by atoms with van der Waals surface area (Å²) in [6, 6.07) is 0. The van der Waals surface area contributed by atoms with Gasteiger partial charge in [0.05, 0.1) is 0 Å². The molecule has 0 atom stereocenters. The highest BCUT2D eigenvalue weighted by molar-refractivity contribution is 6.31. The summed E-state index contributed by atoms with van der Waals surface area (Å²) in [6.45, 7) is 0. The number of rotatable bonds is 0. The summed E-state index contributed by atoms with van der Waals surface area (Å²) in [5.74, 6) is -3.24. The van der Waals surface area contributed by atoms with Crippen molar-refractivity contribution in [2.24, 2.45) is 5.11 Å². The quantitative estimate of drug-likeness (QED) is 0.206. The van der Waals surface area contributed by atoms with Crippen molar-refractivity contribution < 1.29 is 14.7 Å². The molecule has 6 nitrogen and oxygen atoms in total. The van der Waals surface area contributed by atoms with Crippen LogP contribution in [0.4, 0.5) is 0 Å². The SMILES string of the molecule is [N-]=[N+]=NC(=O)C(=O)O. The number of amides is 1. The highest BCUT2D eigenvalue weighted by atomic mass is 16.4. The molecule has 0 spiro atoms. The van der Waals surface area contributed by atoms with Crippen LogP contribution in [0.25, 0.3) is 10.4 Å². The zero-order valence-electron chi connectivity index (χ0n) is 3.61. The summed E-state index contributed by atoms with van der Waals surface area (Å²) in [6.07, 6.45) is 0. The molecule has 0 radical (unpaired) electrons. The van der Waals surface area contributed by atoms with Crippen LogP contribution in [0.2, 0.25) is 0 Å². The van der Waals surface area contributed by atoms with Crippen LogP contribution in [0.5, 0.6) is 0 Å². The minimum atomic E-state index is -1.75. The molecule has 0 rings (SSSR count). The summed E-state index contributed by atoms with van der Waals surface area (Å²) in [5.41, 5.74) is 7.46. The van der Waals surface area contributed by atoms with Crippen molar-refractivity contribution in [2.45, 2.75) is 0 Å². The molecule has 0 bridgehead atoms. The number of aliphatic carboxylic acids is 1. The molecule has 0 aliphatic heterocycles. The highest BCUT2D eigenvalue weighted by Crippen LogP contribution is 1.73. The van der Waals surface area contributed by atoms with Gasteiger partial charge in [-0.25, -0.2) is 4.79 Å². The van der Waals surface area contributed by atoms with E-state index in [0.717, 1.165) is 0 Å². The van der Waals surface area contributed by atoms with Gasteiger partial charge in [-0.05, 0) is 10.6 Å². The Labute approximate surface area is 43.4 Å². The van der Waals surface area contributed by atoms with Crippen LogP contribution in [-0.4, -0.2) is 17.0 Å². The number of carbonyl (C=O) groups is 2. The molecule has 0 aliphatic carbocycles. The lowest BCUT2D eigenvalue weighted by molar-refractivity contribution is -0.148. The third kappa shape index (κ3) is 1.78. The summed E-state index contributed by atoms with van der Waals surface area (Å²) in [4.78, 5) is 21.1. The van der Waals surface area contributed by atoms with Crippen LogP contribution in [0.3, 0.4) is 0 Å². The zero-order chi connectivity index (χ0) is 6.57. The van der Waals surface area contributed by atoms with E-state index in [1.54, 1.807) is 0 Å². The Balaban J connectivity index is 4.05. The summed E-state index contributed by atoms with van der Waals surface area (Å²) in [7, 11) is 0. The van der Waals surface area contributed by atoms with Crippen LogP contribution in [0.15, 0.2) is 5.11 Å². The number of carboxylic acids is 1. The van der Waals surface area contributed by atoms with Gasteiger partial charge in [-0.3, -0.25) is 4.79 Å². The van der Waals surface area contributed by atoms with Gasteiger partial charge in [0.25, 0.3) is 0 Å². The van der Waals surface area contributed by atoms with Crippen molar-refractivity contribution in [3.05, 3.63) is 10.4 Å². The molecule has 1 N–H and O–H groups in total. The summed E-state index contributed by atoms with van der Waals surface area (Å²) >= 11 is 0. The molecular formula is C2HN3O3. The fourth-order valence-corrected chi connectivity index (χ4v) is 0.0834. The van der Waals surface area contributed by atoms with E-state index in [1.807, 2.05) is 4.91 Å². The molecule has 0 aliphatic rings. The topological polar surface area (TPSA) is 103 Å². The zero-order valence-corrected chi connectivity index (χ0v) is 3.61. The van der Waals surface area contributed by atoms with E-state index in [2.05, 4.69) is 5.11 Å². The average Bonchev–Trinajstić information content (AvgIpc) is 1.67. The first-order valence-electron chi connectivity index (χ1n) is 1.51. The number of hydrogen-bond donors (Lipinski definition) is 1. The second-order valence-electron chi connectivity index (χ2n) is 0.800. The fraction of sp³-hybridized carbons (Fsp3) is 0. The maximum absolute atomic E-state index is 9.72. The van der Waals surface area contributed by atoms with Crippen molar-refractivity contribution in [1.82, 2.24) is 0 Å². The molecule has 1 amide bonds. The molecule has 0 saturated carbocycles. The number of azide groups is 1. The molecule has 0 fully saturated rings. The van der Waals surface area contributed by atoms with E-state index in [-0.39, 0.29) is 0 Å². The average molecular weight is 115 g/mol. The summed E-state index contributed by atoms with van der Waals surface area (Å²) < 4.78 is 0. The van der Waals surface area contributed by atoms with E-state index < -0.39 is 11.9 Å². The van der Waals surface area contributed by atoms with E-state index in [1.165, 1.54) is 0 Å². The normalized spacial score (nSPS) is 7.00. The van der Waals surface area contributed by atoms with Crippen molar-refractivity contribution in [3.63, 3.8) is 0 Å². The molecule has 0 saturated heterocycles. The van der Waals surface area contributed by atoms with Gasteiger partial charge in [-0.15, -0.1) is 0 Å². The molecule has 42 valence electrons. The molecule has 8 heavy (non-hydrogen) atoms. The monoisotopic (exact) mass is 115 g/mol. The predicted octanol–water partition coefficient (Wildman–Crippen LogP) is -0.0921. The molecule has 0 heterocycles. The maximum atomic E-state index is 9.72. The van der Waals surface area contributed by atoms with Crippen LogP contribution in [0.1, 0.15) is 0 Å². The van der Waals surface area contributed by atoms with Crippen LogP contribution in [0, 0.1) is 0 Å². The van der Waals surface area contributed by atoms with Crippen molar-refractivity contribution >= 4 is 11.9 Å². The first kappa shape index (κ1) is 6.45. The van der Waals surface area contributed by atoms with Gasteiger partial charge in [0, 0.05) is 4.91 Å². The second-order valence-corrected chi connectivity index (χ2v) is 0.800. The van der Waals surface area contributed by atoms with Crippen molar-refractivity contribution in [2.75, 3.05) is 0 Å². The molecule has 0 aromatic carbocycles. The lowest BCUT2D eigenvalue weighted by Crippen LogP contribution is -2.07. The molecule has 0 aromatic heterocycles. The lowest BCUT2D eigenvalue weighted by Gasteiger charge is -1.74. The smallest absolute Gasteiger partial charge is 0.379 e. The molecule has 6 heteroatoms. The number of hydrogen-bond acceptors (Lipinski definition) is 2. The Morgan fingerprint density at radius 3 is 2.25 bits per heavy atom. The van der Waals surface area contributed by atoms with Crippen molar-refractivity contribution in [3.8, 4) is 0 Å². The second kappa shape index (κ2) is 2.59. The largest absolute Gasteiger partial charge is 0.475 e. The molecule has 0 unspecified atom stereocenters. The lowest BCUT2D eigenvalue weighted by atomic mass is 10.7. The Morgan fingerprint density at radius 1 is 1.62 bits per heavy atom.